The van der Waals surface area contributed by atoms with Crippen molar-refractivity contribution >= 4 is 26.0 Å². The number of hydrogen-bond acceptors (Lipinski definition) is 4. The second-order valence-electron chi connectivity index (χ2n) is 6.57. The summed E-state index contributed by atoms with van der Waals surface area (Å²) in [5, 5.41) is 0. The molecule has 0 fully saturated rings. The van der Waals surface area contributed by atoms with Crippen LogP contribution in [-0.2, 0) is 10.0 Å². The number of nitrogens with one attached hydrogen (secondary N) is 1. The summed E-state index contributed by atoms with van der Waals surface area (Å²) in [5.41, 5.74) is 0.363. The largest absolute Gasteiger partial charge is 0.495 e. The predicted octanol–water partition coefficient (Wildman–Crippen LogP) is 4.04. The minimum Gasteiger partial charge on any atom is -0.495 e. The molecule has 0 spiro atoms. The van der Waals surface area contributed by atoms with Gasteiger partial charge in [0.15, 0.2) is 0 Å². The number of halogens is 1. The Labute approximate surface area is 156 Å². The van der Waals surface area contributed by atoms with Gasteiger partial charge in [-0.05, 0) is 38.1 Å². The molecule has 0 bridgehead atoms. The summed E-state index contributed by atoms with van der Waals surface area (Å²) in [6.07, 6.45) is 0.527. The van der Waals surface area contributed by atoms with Crippen molar-refractivity contribution in [3.05, 3.63) is 52.5 Å². The number of rotatable bonds is 4. The van der Waals surface area contributed by atoms with Crippen LogP contribution in [0.25, 0.3) is 0 Å². The molecule has 3 rings (SSSR count). The van der Waals surface area contributed by atoms with E-state index in [1.54, 1.807) is 12.1 Å². The number of sulfonamides is 1. The van der Waals surface area contributed by atoms with Gasteiger partial charge in [-0.2, -0.15) is 0 Å². The SMILES string of the molecule is COc1ccc(Br)cc1S(=O)(=O)NC1CC(C)(C)Oc2ccccc21. The zero-order valence-electron chi connectivity index (χ0n) is 14.2. The molecule has 0 saturated carbocycles. The summed E-state index contributed by atoms with van der Waals surface area (Å²) in [4.78, 5) is 0.103. The zero-order valence-corrected chi connectivity index (χ0v) is 16.6. The minimum atomic E-state index is -3.78. The smallest absolute Gasteiger partial charge is 0.244 e. The summed E-state index contributed by atoms with van der Waals surface area (Å²) in [6.45, 7) is 3.90. The van der Waals surface area contributed by atoms with Gasteiger partial charge >= 0.3 is 0 Å². The Morgan fingerprint density at radius 3 is 2.68 bits per heavy atom. The van der Waals surface area contributed by atoms with E-state index >= 15 is 0 Å². The molecule has 2 aromatic carbocycles. The molecule has 1 aliphatic heterocycles. The van der Waals surface area contributed by atoms with Crippen molar-refractivity contribution in [2.24, 2.45) is 0 Å². The lowest BCUT2D eigenvalue weighted by atomic mass is 9.90. The van der Waals surface area contributed by atoms with Crippen molar-refractivity contribution in [1.82, 2.24) is 4.72 Å². The summed E-state index contributed by atoms with van der Waals surface area (Å²) < 4.78 is 40.7. The van der Waals surface area contributed by atoms with Crippen molar-refractivity contribution in [3.8, 4) is 11.5 Å². The van der Waals surface area contributed by atoms with Gasteiger partial charge in [-0.3, -0.25) is 0 Å². The van der Waals surface area contributed by atoms with Crippen molar-refractivity contribution in [1.29, 1.82) is 0 Å². The molecule has 1 unspecified atom stereocenters. The van der Waals surface area contributed by atoms with E-state index in [2.05, 4.69) is 20.7 Å². The highest BCUT2D eigenvalue weighted by Gasteiger charge is 2.36. The summed E-state index contributed by atoms with van der Waals surface area (Å²) >= 11 is 3.32. The maximum Gasteiger partial charge on any atom is 0.244 e. The number of methoxy groups -OCH3 is 1. The third-order valence-electron chi connectivity index (χ3n) is 4.09. The molecule has 0 saturated heterocycles. The van der Waals surface area contributed by atoms with Crippen LogP contribution in [0.1, 0.15) is 31.9 Å². The quantitative estimate of drug-likeness (QED) is 0.802. The lowest BCUT2D eigenvalue weighted by molar-refractivity contribution is 0.0702. The van der Waals surface area contributed by atoms with Gasteiger partial charge in [0.05, 0.1) is 13.2 Å². The van der Waals surface area contributed by atoms with Gasteiger partial charge < -0.3 is 9.47 Å². The Kier molecular flexibility index (Phi) is 4.83. The lowest BCUT2D eigenvalue weighted by Gasteiger charge is -2.37. The van der Waals surface area contributed by atoms with E-state index in [4.69, 9.17) is 9.47 Å². The fourth-order valence-corrected chi connectivity index (χ4v) is 4.94. The van der Waals surface area contributed by atoms with E-state index in [1.807, 2.05) is 38.1 Å². The van der Waals surface area contributed by atoms with E-state index < -0.39 is 15.6 Å². The fourth-order valence-electron chi connectivity index (χ4n) is 3.02. The molecular formula is C18H20BrNO4S. The summed E-state index contributed by atoms with van der Waals surface area (Å²) in [5.74, 6) is 1.00. The molecule has 1 heterocycles. The fraction of sp³-hybridized carbons (Fsp3) is 0.333. The van der Waals surface area contributed by atoms with Gasteiger partial charge in [0.25, 0.3) is 0 Å². The minimum absolute atomic E-state index is 0.103. The molecular weight excluding hydrogens is 406 g/mol. The number of fused-ring (bicyclic) bond motifs is 1. The average molecular weight is 426 g/mol. The number of ether oxygens (including phenoxy) is 2. The van der Waals surface area contributed by atoms with Crippen LogP contribution in [0.3, 0.4) is 0 Å². The maximum atomic E-state index is 13.0. The molecule has 0 amide bonds. The Morgan fingerprint density at radius 2 is 1.96 bits per heavy atom. The average Bonchev–Trinajstić information content (AvgIpc) is 2.53. The summed E-state index contributed by atoms with van der Waals surface area (Å²) in [6, 6.07) is 12.0. The van der Waals surface area contributed by atoms with Gasteiger partial charge in [-0.15, -0.1) is 0 Å². The standard InChI is InChI=1S/C18H20BrNO4S/c1-18(2)11-14(13-6-4-5-7-15(13)24-18)20-25(21,22)17-10-12(19)8-9-16(17)23-3/h4-10,14,20H,11H2,1-3H3. The van der Waals surface area contributed by atoms with Crippen LogP contribution in [0.4, 0.5) is 0 Å². The van der Waals surface area contributed by atoms with Crippen LogP contribution >= 0.6 is 15.9 Å². The van der Waals surface area contributed by atoms with Gasteiger partial charge in [0.1, 0.15) is 22.0 Å². The number of hydrogen-bond donors (Lipinski definition) is 1. The first kappa shape index (κ1) is 18.2. The topological polar surface area (TPSA) is 64.6 Å². The third kappa shape index (κ3) is 3.83. The van der Waals surface area contributed by atoms with Crippen LogP contribution in [0, 0.1) is 0 Å². The Bertz CT molecular complexity index is 896. The first-order valence-corrected chi connectivity index (χ1v) is 10.1. The molecule has 134 valence electrons. The van der Waals surface area contributed by atoms with E-state index in [0.29, 0.717) is 22.4 Å². The molecule has 1 N–H and O–H groups in total. The van der Waals surface area contributed by atoms with E-state index in [1.165, 1.54) is 13.2 Å². The Morgan fingerprint density at radius 1 is 1.24 bits per heavy atom. The van der Waals surface area contributed by atoms with E-state index in [9.17, 15) is 8.42 Å². The van der Waals surface area contributed by atoms with Gasteiger partial charge in [0, 0.05) is 16.5 Å². The third-order valence-corrected chi connectivity index (χ3v) is 6.08. The maximum absolute atomic E-state index is 13.0. The normalized spacial score (nSPS) is 19.0. The molecule has 0 radical (unpaired) electrons. The predicted molar refractivity (Wildman–Crippen MR) is 99.5 cm³/mol. The van der Waals surface area contributed by atoms with Gasteiger partial charge in [-0.1, -0.05) is 34.1 Å². The molecule has 1 aliphatic rings. The highest BCUT2D eigenvalue weighted by molar-refractivity contribution is 9.10. The molecule has 1 atom stereocenters. The Balaban J connectivity index is 2.00. The van der Waals surface area contributed by atoms with E-state index in [-0.39, 0.29) is 10.9 Å². The highest BCUT2D eigenvalue weighted by Crippen LogP contribution is 2.40. The van der Waals surface area contributed by atoms with Crippen molar-refractivity contribution in [3.63, 3.8) is 0 Å². The van der Waals surface area contributed by atoms with Gasteiger partial charge in [0.2, 0.25) is 10.0 Å². The number of benzene rings is 2. The second kappa shape index (κ2) is 6.63. The van der Waals surface area contributed by atoms with Crippen molar-refractivity contribution in [2.45, 2.75) is 36.8 Å². The lowest BCUT2D eigenvalue weighted by Crippen LogP contribution is -2.41. The molecule has 0 aliphatic carbocycles. The monoisotopic (exact) mass is 425 g/mol. The first-order valence-electron chi connectivity index (χ1n) is 7.86. The highest BCUT2D eigenvalue weighted by atomic mass is 79.9. The zero-order chi connectivity index (χ0) is 18.2. The molecule has 5 nitrogen and oxygen atoms in total. The van der Waals surface area contributed by atoms with Crippen molar-refractivity contribution in [2.75, 3.05) is 7.11 Å². The number of para-hydroxylation sites is 1. The van der Waals surface area contributed by atoms with Crippen LogP contribution in [-0.4, -0.2) is 21.1 Å². The van der Waals surface area contributed by atoms with Gasteiger partial charge in [-0.25, -0.2) is 13.1 Å². The molecule has 7 heteroatoms. The second-order valence-corrected chi connectivity index (χ2v) is 9.17. The molecule has 25 heavy (non-hydrogen) atoms. The first-order chi connectivity index (χ1) is 11.7. The van der Waals surface area contributed by atoms with Crippen LogP contribution in [0.5, 0.6) is 11.5 Å². The van der Waals surface area contributed by atoms with E-state index in [0.717, 1.165) is 5.56 Å². The van der Waals surface area contributed by atoms with Crippen molar-refractivity contribution < 1.29 is 17.9 Å². The van der Waals surface area contributed by atoms with Crippen LogP contribution in [0.15, 0.2) is 51.8 Å². The molecule has 0 aromatic heterocycles. The van der Waals surface area contributed by atoms with Crippen LogP contribution in [0.2, 0.25) is 0 Å². The Hall–Kier alpha value is -1.57. The van der Waals surface area contributed by atoms with Crippen LogP contribution < -0.4 is 14.2 Å². The molecule has 2 aromatic rings. The summed E-state index contributed by atoms with van der Waals surface area (Å²) in [7, 11) is -2.33.